The van der Waals surface area contributed by atoms with Crippen LogP contribution in [0.25, 0.3) is 0 Å². The van der Waals surface area contributed by atoms with E-state index in [1.807, 2.05) is 4.90 Å². The number of hydrogen-bond acceptors (Lipinski definition) is 3. The Morgan fingerprint density at radius 1 is 1.37 bits per heavy atom. The van der Waals surface area contributed by atoms with Crippen LogP contribution in [0.4, 0.5) is 0 Å². The van der Waals surface area contributed by atoms with E-state index in [4.69, 9.17) is 4.74 Å². The maximum Gasteiger partial charge on any atom is 0.275 e. The number of carbonyl (C=O) groups excluding carboxylic acids is 1. The summed E-state index contributed by atoms with van der Waals surface area (Å²) in [6.45, 7) is 1.49. The van der Waals surface area contributed by atoms with Crippen LogP contribution in [0.2, 0.25) is 0 Å². The fourth-order valence-electron chi connectivity index (χ4n) is 2.57. The van der Waals surface area contributed by atoms with Crippen LogP contribution in [0.3, 0.4) is 0 Å². The molecule has 1 aliphatic carbocycles. The molecule has 1 aromatic heterocycles. The highest BCUT2D eigenvalue weighted by Gasteiger charge is 2.32. The van der Waals surface area contributed by atoms with Crippen molar-refractivity contribution in [1.29, 1.82) is 0 Å². The summed E-state index contributed by atoms with van der Waals surface area (Å²) in [7, 11) is 1.73. The fourth-order valence-corrected chi connectivity index (χ4v) is 3.24. The smallest absolute Gasteiger partial charge is 0.275 e. The van der Waals surface area contributed by atoms with Crippen LogP contribution < -0.4 is 0 Å². The highest BCUT2D eigenvalue weighted by atomic mass is 79.9. The number of methoxy groups -OCH3 is 1. The third-order valence-corrected chi connectivity index (χ3v) is 4.79. The van der Waals surface area contributed by atoms with E-state index >= 15 is 0 Å². The van der Waals surface area contributed by atoms with Gasteiger partial charge in [-0.2, -0.15) is 5.10 Å². The van der Waals surface area contributed by atoms with E-state index in [2.05, 4.69) is 26.1 Å². The average molecular weight is 328 g/mol. The lowest BCUT2D eigenvalue weighted by Crippen LogP contribution is -2.40. The Kier molecular flexibility index (Phi) is 3.62. The molecule has 2 heterocycles. The monoisotopic (exact) mass is 327 g/mol. The van der Waals surface area contributed by atoms with Crippen LogP contribution in [0, 0.1) is 0 Å². The van der Waals surface area contributed by atoms with Crippen LogP contribution in [-0.4, -0.2) is 47.3 Å². The molecular weight excluding hydrogens is 310 g/mol. The molecule has 0 spiro atoms. The summed E-state index contributed by atoms with van der Waals surface area (Å²) in [4.78, 5) is 14.3. The van der Waals surface area contributed by atoms with E-state index in [1.165, 1.54) is 12.8 Å². The third kappa shape index (κ3) is 2.56. The summed E-state index contributed by atoms with van der Waals surface area (Å²) in [6, 6.07) is 0. The number of piperidine rings is 1. The van der Waals surface area contributed by atoms with E-state index < -0.39 is 0 Å². The van der Waals surface area contributed by atoms with E-state index in [1.54, 1.807) is 7.11 Å². The molecule has 104 valence electrons. The second-order valence-electron chi connectivity index (χ2n) is 5.30. The standard InChI is InChI=1S/C13H18BrN3O2/c1-19-9-4-6-17(7-5-9)13(18)12-10(14)11(15-16-12)8-2-3-8/h8-9H,2-7H2,1H3,(H,15,16). The Bertz CT molecular complexity index is 476. The molecule has 1 N–H and O–H groups in total. The van der Waals surface area contributed by atoms with Crippen LogP contribution in [0.5, 0.6) is 0 Å². The first kappa shape index (κ1) is 13.1. The van der Waals surface area contributed by atoms with E-state index in [-0.39, 0.29) is 12.0 Å². The van der Waals surface area contributed by atoms with Gasteiger partial charge in [0.25, 0.3) is 5.91 Å². The molecule has 19 heavy (non-hydrogen) atoms. The molecule has 2 fully saturated rings. The highest BCUT2D eigenvalue weighted by molar-refractivity contribution is 9.10. The number of halogens is 1. The summed E-state index contributed by atoms with van der Waals surface area (Å²) in [5.41, 5.74) is 1.60. The van der Waals surface area contributed by atoms with Crippen molar-refractivity contribution < 1.29 is 9.53 Å². The van der Waals surface area contributed by atoms with Crippen molar-refractivity contribution in [1.82, 2.24) is 15.1 Å². The van der Waals surface area contributed by atoms with Crippen molar-refractivity contribution in [2.75, 3.05) is 20.2 Å². The van der Waals surface area contributed by atoms with E-state index in [9.17, 15) is 4.79 Å². The number of nitrogens with one attached hydrogen (secondary N) is 1. The molecule has 6 heteroatoms. The SMILES string of the molecule is COC1CCN(C(=O)c2n[nH]c(C3CC3)c2Br)CC1. The highest BCUT2D eigenvalue weighted by Crippen LogP contribution is 2.43. The number of ether oxygens (including phenoxy) is 1. The van der Waals surface area contributed by atoms with Crippen molar-refractivity contribution in [3.63, 3.8) is 0 Å². The molecule has 1 aromatic rings. The molecule has 0 radical (unpaired) electrons. The van der Waals surface area contributed by atoms with Gasteiger partial charge >= 0.3 is 0 Å². The third-order valence-electron chi connectivity index (χ3n) is 3.98. The summed E-state index contributed by atoms with van der Waals surface area (Å²) in [6.07, 6.45) is 4.47. The Labute approximate surface area is 120 Å². The maximum atomic E-state index is 12.4. The number of aromatic nitrogens is 2. The average Bonchev–Trinajstić information content (AvgIpc) is 3.21. The zero-order valence-electron chi connectivity index (χ0n) is 11.0. The molecule has 1 aliphatic heterocycles. The second kappa shape index (κ2) is 5.25. The van der Waals surface area contributed by atoms with E-state index in [0.717, 1.165) is 36.1 Å². The number of aromatic amines is 1. The Morgan fingerprint density at radius 3 is 2.63 bits per heavy atom. The van der Waals surface area contributed by atoms with Crippen molar-refractivity contribution >= 4 is 21.8 Å². The van der Waals surface area contributed by atoms with Gasteiger partial charge in [-0.05, 0) is 41.6 Å². The minimum absolute atomic E-state index is 0.0181. The van der Waals surface area contributed by atoms with E-state index in [0.29, 0.717) is 11.6 Å². The zero-order chi connectivity index (χ0) is 13.4. The first-order chi connectivity index (χ1) is 9.20. The maximum absolute atomic E-state index is 12.4. The van der Waals surface area contributed by atoms with Crippen molar-refractivity contribution in [3.05, 3.63) is 15.9 Å². The number of carbonyl (C=O) groups is 1. The molecule has 1 saturated heterocycles. The van der Waals surface area contributed by atoms with Crippen molar-refractivity contribution in [2.24, 2.45) is 0 Å². The number of H-pyrrole nitrogens is 1. The van der Waals surface area contributed by atoms with Gasteiger partial charge < -0.3 is 9.64 Å². The molecule has 0 atom stereocenters. The quantitative estimate of drug-likeness (QED) is 0.926. The van der Waals surface area contributed by atoms with Crippen molar-refractivity contribution in [3.8, 4) is 0 Å². The van der Waals surface area contributed by atoms with Gasteiger partial charge in [-0.25, -0.2) is 0 Å². The fraction of sp³-hybridized carbons (Fsp3) is 0.692. The molecule has 1 amide bonds. The van der Waals surface area contributed by atoms with Gasteiger partial charge in [0.1, 0.15) is 0 Å². The van der Waals surface area contributed by atoms with Crippen molar-refractivity contribution in [2.45, 2.75) is 37.7 Å². The Morgan fingerprint density at radius 2 is 2.05 bits per heavy atom. The van der Waals surface area contributed by atoms with Gasteiger partial charge in [0.05, 0.1) is 16.3 Å². The van der Waals surface area contributed by atoms with Crippen LogP contribution in [0.1, 0.15) is 47.8 Å². The Balaban J connectivity index is 1.70. The molecule has 0 bridgehead atoms. The number of likely N-dealkylation sites (tertiary alicyclic amines) is 1. The number of nitrogens with zero attached hydrogens (tertiary/aromatic N) is 2. The topological polar surface area (TPSA) is 58.2 Å². The minimum atomic E-state index is 0.0181. The van der Waals surface area contributed by atoms with Crippen LogP contribution >= 0.6 is 15.9 Å². The minimum Gasteiger partial charge on any atom is -0.381 e. The first-order valence-corrected chi connectivity index (χ1v) is 7.55. The summed E-state index contributed by atoms with van der Waals surface area (Å²) < 4.78 is 6.18. The predicted molar refractivity (Wildman–Crippen MR) is 74.2 cm³/mol. The lowest BCUT2D eigenvalue weighted by molar-refractivity contribution is 0.0347. The largest absolute Gasteiger partial charge is 0.381 e. The summed E-state index contributed by atoms with van der Waals surface area (Å²) >= 11 is 3.52. The lowest BCUT2D eigenvalue weighted by atomic mass is 10.1. The zero-order valence-corrected chi connectivity index (χ0v) is 12.6. The molecule has 5 nitrogen and oxygen atoms in total. The molecule has 3 rings (SSSR count). The lowest BCUT2D eigenvalue weighted by Gasteiger charge is -2.30. The molecule has 1 saturated carbocycles. The molecule has 2 aliphatic rings. The summed E-state index contributed by atoms with van der Waals surface area (Å²) in [5, 5.41) is 7.20. The second-order valence-corrected chi connectivity index (χ2v) is 6.09. The number of rotatable bonds is 3. The van der Waals surface area contributed by atoms with Crippen LogP contribution in [-0.2, 0) is 4.74 Å². The summed E-state index contributed by atoms with van der Waals surface area (Å²) in [5.74, 6) is 0.576. The van der Waals surface area contributed by atoms with Gasteiger partial charge in [0, 0.05) is 26.1 Å². The molecular formula is C13H18BrN3O2. The van der Waals surface area contributed by atoms with Gasteiger partial charge in [0.15, 0.2) is 5.69 Å². The number of hydrogen-bond donors (Lipinski definition) is 1. The van der Waals surface area contributed by atoms with Crippen LogP contribution in [0.15, 0.2) is 4.47 Å². The predicted octanol–water partition coefficient (Wildman–Crippen LogP) is 2.30. The van der Waals surface area contributed by atoms with Gasteiger partial charge in [0.2, 0.25) is 0 Å². The first-order valence-electron chi connectivity index (χ1n) is 6.76. The molecule has 0 unspecified atom stereocenters. The molecule has 0 aromatic carbocycles. The van der Waals surface area contributed by atoms with Gasteiger partial charge in [-0.15, -0.1) is 0 Å². The van der Waals surface area contributed by atoms with Gasteiger partial charge in [-0.1, -0.05) is 0 Å². The Hall–Kier alpha value is -0.880. The van der Waals surface area contributed by atoms with Gasteiger partial charge in [-0.3, -0.25) is 9.89 Å². The number of amides is 1. The normalized spacial score (nSPS) is 20.8.